The zero-order valence-corrected chi connectivity index (χ0v) is 9.66. The number of aliphatic hydroxyl groups is 1. The van der Waals surface area contributed by atoms with Gasteiger partial charge in [-0.3, -0.25) is 9.89 Å². The van der Waals surface area contributed by atoms with E-state index in [0.29, 0.717) is 11.4 Å². The Morgan fingerprint density at radius 2 is 2.27 bits per heavy atom. The molecule has 4 heteroatoms. The summed E-state index contributed by atoms with van der Waals surface area (Å²) in [5.74, 6) is -0.00722. The first-order valence-electron chi connectivity index (χ1n) is 5.18. The van der Waals surface area contributed by atoms with E-state index < -0.39 is 5.60 Å². The first-order chi connectivity index (χ1) is 6.86. The van der Waals surface area contributed by atoms with E-state index in [0.717, 1.165) is 6.42 Å². The Morgan fingerprint density at radius 3 is 2.67 bits per heavy atom. The van der Waals surface area contributed by atoms with Crippen LogP contribution in [0, 0.1) is 5.92 Å². The van der Waals surface area contributed by atoms with Crippen LogP contribution in [0.3, 0.4) is 0 Å². The predicted molar refractivity (Wildman–Crippen MR) is 57.6 cm³/mol. The van der Waals surface area contributed by atoms with Crippen LogP contribution in [0.15, 0.2) is 6.07 Å². The third-order valence-electron chi connectivity index (χ3n) is 2.55. The standard InChI is InChI=1S/C11H18N2O2/c1-5-7(2)10(14)8-6-9(13-12-8)11(3,4)15/h6-7,15H,5H2,1-4H3,(H,12,13). The third-order valence-corrected chi connectivity index (χ3v) is 2.55. The SMILES string of the molecule is CCC(C)C(=O)c1cc(C(C)(C)O)[nH]n1. The molecule has 1 unspecified atom stereocenters. The number of carbonyl (C=O) groups excluding carboxylic acids is 1. The van der Waals surface area contributed by atoms with E-state index in [-0.39, 0.29) is 11.7 Å². The van der Waals surface area contributed by atoms with Crippen LogP contribution in [-0.2, 0) is 5.60 Å². The molecule has 0 aliphatic heterocycles. The molecule has 84 valence electrons. The molecule has 1 aromatic heterocycles. The lowest BCUT2D eigenvalue weighted by atomic mass is 9.99. The fourth-order valence-corrected chi connectivity index (χ4v) is 1.20. The number of H-pyrrole nitrogens is 1. The van der Waals surface area contributed by atoms with E-state index in [9.17, 15) is 9.90 Å². The molecule has 2 N–H and O–H groups in total. The van der Waals surface area contributed by atoms with Crippen LogP contribution in [0.5, 0.6) is 0 Å². The first-order valence-corrected chi connectivity index (χ1v) is 5.18. The van der Waals surface area contributed by atoms with Gasteiger partial charge in [0, 0.05) is 5.92 Å². The zero-order valence-electron chi connectivity index (χ0n) is 9.66. The smallest absolute Gasteiger partial charge is 0.185 e. The molecular weight excluding hydrogens is 192 g/mol. The molecule has 0 aliphatic carbocycles. The maximum absolute atomic E-state index is 11.8. The maximum atomic E-state index is 11.8. The largest absolute Gasteiger partial charge is 0.384 e. The van der Waals surface area contributed by atoms with Crippen LogP contribution in [0.1, 0.15) is 50.3 Å². The van der Waals surface area contributed by atoms with Gasteiger partial charge in [-0.15, -0.1) is 0 Å². The Morgan fingerprint density at radius 1 is 1.67 bits per heavy atom. The second-order valence-corrected chi connectivity index (χ2v) is 4.40. The van der Waals surface area contributed by atoms with Crippen molar-refractivity contribution in [1.82, 2.24) is 10.2 Å². The van der Waals surface area contributed by atoms with Gasteiger partial charge in [-0.25, -0.2) is 0 Å². The number of nitrogens with zero attached hydrogens (tertiary/aromatic N) is 1. The van der Waals surface area contributed by atoms with Crippen molar-refractivity contribution in [2.75, 3.05) is 0 Å². The summed E-state index contributed by atoms with van der Waals surface area (Å²) in [7, 11) is 0. The molecule has 1 heterocycles. The number of rotatable bonds is 4. The fourth-order valence-electron chi connectivity index (χ4n) is 1.20. The lowest BCUT2D eigenvalue weighted by Crippen LogP contribution is -2.16. The van der Waals surface area contributed by atoms with Crippen LogP contribution < -0.4 is 0 Å². The highest BCUT2D eigenvalue weighted by Gasteiger charge is 2.22. The van der Waals surface area contributed by atoms with Gasteiger partial charge in [-0.1, -0.05) is 13.8 Å². The van der Waals surface area contributed by atoms with Crippen molar-refractivity contribution in [3.63, 3.8) is 0 Å². The minimum atomic E-state index is -0.985. The summed E-state index contributed by atoms with van der Waals surface area (Å²) < 4.78 is 0. The molecule has 0 saturated heterocycles. The highest BCUT2D eigenvalue weighted by Crippen LogP contribution is 2.19. The van der Waals surface area contributed by atoms with Crippen molar-refractivity contribution in [2.45, 2.75) is 39.7 Å². The molecule has 0 bridgehead atoms. The lowest BCUT2D eigenvalue weighted by molar-refractivity contribution is 0.0738. The molecular formula is C11H18N2O2. The van der Waals surface area contributed by atoms with E-state index in [4.69, 9.17) is 0 Å². The molecule has 1 atom stereocenters. The highest BCUT2D eigenvalue weighted by atomic mass is 16.3. The monoisotopic (exact) mass is 210 g/mol. The van der Waals surface area contributed by atoms with Gasteiger partial charge in [0.15, 0.2) is 5.78 Å². The minimum Gasteiger partial charge on any atom is -0.384 e. The van der Waals surface area contributed by atoms with Crippen LogP contribution >= 0.6 is 0 Å². The average molecular weight is 210 g/mol. The van der Waals surface area contributed by atoms with Crippen molar-refractivity contribution >= 4 is 5.78 Å². The van der Waals surface area contributed by atoms with Crippen molar-refractivity contribution in [1.29, 1.82) is 0 Å². The maximum Gasteiger partial charge on any atom is 0.185 e. The molecule has 0 radical (unpaired) electrons. The molecule has 0 amide bonds. The Balaban J connectivity index is 2.90. The Kier molecular flexibility index (Phi) is 3.29. The van der Waals surface area contributed by atoms with Crippen LogP contribution in [-0.4, -0.2) is 21.1 Å². The second kappa shape index (κ2) is 4.14. The number of hydrogen-bond donors (Lipinski definition) is 2. The van der Waals surface area contributed by atoms with E-state index in [2.05, 4.69) is 10.2 Å². The van der Waals surface area contributed by atoms with Gasteiger partial charge < -0.3 is 5.11 Å². The third kappa shape index (κ3) is 2.65. The lowest BCUT2D eigenvalue weighted by Gasteiger charge is -2.13. The molecule has 15 heavy (non-hydrogen) atoms. The summed E-state index contributed by atoms with van der Waals surface area (Å²) in [4.78, 5) is 11.8. The predicted octanol–water partition coefficient (Wildman–Crippen LogP) is 1.87. The van der Waals surface area contributed by atoms with Crippen molar-refractivity contribution in [3.8, 4) is 0 Å². The summed E-state index contributed by atoms with van der Waals surface area (Å²) in [6.45, 7) is 7.14. The normalized spacial score (nSPS) is 13.9. The Labute approximate surface area is 89.7 Å². The number of Topliss-reactive ketones (excluding diaryl/α,β-unsaturated/α-hetero) is 1. The fraction of sp³-hybridized carbons (Fsp3) is 0.636. The van der Waals surface area contributed by atoms with Gasteiger partial charge >= 0.3 is 0 Å². The van der Waals surface area contributed by atoms with E-state index in [1.807, 2.05) is 13.8 Å². The summed E-state index contributed by atoms with van der Waals surface area (Å²) in [6.07, 6.45) is 0.795. The number of carbonyl (C=O) groups is 1. The summed E-state index contributed by atoms with van der Waals surface area (Å²) in [5.41, 5.74) is -0.0170. The van der Waals surface area contributed by atoms with Gasteiger partial charge in [0.05, 0.1) is 5.69 Å². The second-order valence-electron chi connectivity index (χ2n) is 4.40. The van der Waals surface area contributed by atoms with E-state index >= 15 is 0 Å². The molecule has 0 saturated carbocycles. The van der Waals surface area contributed by atoms with Gasteiger partial charge in [0.2, 0.25) is 0 Å². The van der Waals surface area contributed by atoms with Crippen molar-refractivity contribution < 1.29 is 9.90 Å². The summed E-state index contributed by atoms with van der Waals surface area (Å²) >= 11 is 0. The molecule has 0 spiro atoms. The molecule has 4 nitrogen and oxygen atoms in total. The highest BCUT2D eigenvalue weighted by molar-refractivity contribution is 5.95. The zero-order chi connectivity index (χ0) is 11.6. The molecule has 1 aromatic rings. The molecule has 1 rings (SSSR count). The van der Waals surface area contributed by atoms with Gasteiger partial charge in [0.1, 0.15) is 11.3 Å². The van der Waals surface area contributed by atoms with Crippen LogP contribution in [0.25, 0.3) is 0 Å². The van der Waals surface area contributed by atoms with E-state index in [1.165, 1.54) is 0 Å². The minimum absolute atomic E-state index is 0.0178. The number of hydrogen-bond acceptors (Lipinski definition) is 3. The molecule has 0 aliphatic rings. The summed E-state index contributed by atoms with van der Waals surface area (Å²) in [5, 5.41) is 16.3. The Hall–Kier alpha value is -1.16. The van der Waals surface area contributed by atoms with Gasteiger partial charge in [-0.05, 0) is 26.3 Å². The average Bonchev–Trinajstić information content (AvgIpc) is 2.63. The van der Waals surface area contributed by atoms with Gasteiger partial charge in [-0.2, -0.15) is 5.10 Å². The summed E-state index contributed by atoms with van der Waals surface area (Å²) in [6, 6.07) is 1.62. The molecule has 0 aromatic carbocycles. The molecule has 0 fully saturated rings. The number of ketones is 1. The quantitative estimate of drug-likeness (QED) is 0.745. The Bertz CT molecular complexity index is 350. The van der Waals surface area contributed by atoms with Crippen molar-refractivity contribution in [3.05, 3.63) is 17.5 Å². The topological polar surface area (TPSA) is 66.0 Å². The number of aromatic nitrogens is 2. The van der Waals surface area contributed by atoms with Crippen LogP contribution in [0.4, 0.5) is 0 Å². The van der Waals surface area contributed by atoms with E-state index in [1.54, 1.807) is 19.9 Å². The van der Waals surface area contributed by atoms with Crippen molar-refractivity contribution in [2.24, 2.45) is 5.92 Å². The number of aromatic amines is 1. The van der Waals surface area contributed by atoms with Crippen LogP contribution in [0.2, 0.25) is 0 Å². The first kappa shape index (κ1) is 11.9. The van der Waals surface area contributed by atoms with Gasteiger partial charge in [0.25, 0.3) is 0 Å². The number of nitrogens with one attached hydrogen (secondary N) is 1.